The first-order valence-corrected chi connectivity index (χ1v) is 12.9. The summed E-state index contributed by atoms with van der Waals surface area (Å²) in [5.74, 6) is 1.88. The van der Waals surface area contributed by atoms with Crippen molar-refractivity contribution in [3.05, 3.63) is 71.3 Å². The Hall–Kier alpha value is -1.85. The smallest absolute Gasteiger partial charge is 0.316 e. The van der Waals surface area contributed by atoms with E-state index in [9.17, 15) is 13.2 Å². The number of halogens is 3. The summed E-state index contributed by atoms with van der Waals surface area (Å²) in [6, 6.07) is 17.3. The summed E-state index contributed by atoms with van der Waals surface area (Å²) in [5.41, 5.74) is 2.30. The molecule has 1 heterocycles. The number of alkyl halides is 3. The van der Waals surface area contributed by atoms with Gasteiger partial charge in [0.2, 0.25) is 0 Å². The van der Waals surface area contributed by atoms with Crippen molar-refractivity contribution in [2.24, 2.45) is 11.3 Å². The van der Waals surface area contributed by atoms with Crippen molar-refractivity contribution in [3.63, 3.8) is 0 Å². The average Bonchev–Trinajstić information content (AvgIpc) is 3.63. The van der Waals surface area contributed by atoms with Crippen LogP contribution in [0.1, 0.15) is 74.5 Å². The molecule has 2 nitrogen and oxygen atoms in total. The molecule has 2 saturated carbocycles. The maximum absolute atomic E-state index is 12.2. The molecule has 0 bridgehead atoms. The Morgan fingerprint density at radius 3 is 2.26 bits per heavy atom. The summed E-state index contributed by atoms with van der Waals surface area (Å²) in [4.78, 5) is 2.83. The van der Waals surface area contributed by atoms with E-state index in [0.717, 1.165) is 30.0 Å². The molecule has 2 aromatic rings. The zero-order chi connectivity index (χ0) is 24.2. The minimum atomic E-state index is -4.25. The number of nitrogens with one attached hydrogen (secondary N) is 1. The predicted octanol–water partition coefficient (Wildman–Crippen LogP) is 7.26. The molecule has 186 valence electrons. The molecule has 0 spiro atoms. The van der Waals surface area contributed by atoms with Gasteiger partial charge in [-0.3, -0.25) is 0 Å². The summed E-state index contributed by atoms with van der Waals surface area (Å²) in [5, 5.41) is 2.80. The monoisotopic (exact) mass is 472 g/mol. The maximum atomic E-state index is 12.2. The van der Waals surface area contributed by atoms with Gasteiger partial charge in [0.05, 0.1) is 5.56 Å². The number of nitrogens with zero attached hydrogens (tertiary/aromatic N) is 1. The number of hydrogen-bond donors (Lipinski definition) is 1. The van der Waals surface area contributed by atoms with Gasteiger partial charge in [0.25, 0.3) is 0 Å². The standard InChI is InChI=1S/C20H29N.C9H10F3N/c1-20(18-7-8-18)12-9-19(15-20)21-13-10-17(11-14-21)16-5-3-2-4-6-16;1-13-6-7-3-2-4-8(5-7)9(10,11)12/h2-6,17-19H,7-15H2,1H3;2-5,13H,6H2,1H3. The van der Waals surface area contributed by atoms with Gasteiger partial charge in [-0.2, -0.15) is 13.2 Å². The van der Waals surface area contributed by atoms with Crippen molar-refractivity contribution in [3.8, 4) is 0 Å². The van der Waals surface area contributed by atoms with Crippen LogP contribution >= 0.6 is 0 Å². The molecule has 1 saturated heterocycles. The molecule has 3 fully saturated rings. The van der Waals surface area contributed by atoms with Gasteiger partial charge in [0, 0.05) is 12.6 Å². The van der Waals surface area contributed by atoms with Gasteiger partial charge in [-0.1, -0.05) is 55.5 Å². The average molecular weight is 473 g/mol. The van der Waals surface area contributed by atoms with E-state index in [2.05, 4.69) is 47.5 Å². The minimum Gasteiger partial charge on any atom is -0.316 e. The molecule has 5 heteroatoms. The van der Waals surface area contributed by atoms with E-state index in [-0.39, 0.29) is 0 Å². The fourth-order valence-electron chi connectivity index (χ4n) is 6.09. The molecule has 1 aliphatic heterocycles. The lowest BCUT2D eigenvalue weighted by Crippen LogP contribution is -2.40. The lowest BCUT2D eigenvalue weighted by atomic mass is 9.83. The van der Waals surface area contributed by atoms with E-state index >= 15 is 0 Å². The van der Waals surface area contributed by atoms with E-state index in [0.29, 0.717) is 17.5 Å². The van der Waals surface area contributed by atoms with E-state index in [1.807, 2.05) is 0 Å². The van der Waals surface area contributed by atoms with E-state index in [1.54, 1.807) is 18.7 Å². The van der Waals surface area contributed by atoms with Gasteiger partial charge in [0.15, 0.2) is 0 Å². The van der Waals surface area contributed by atoms with Crippen LogP contribution in [0, 0.1) is 11.3 Å². The zero-order valence-electron chi connectivity index (χ0n) is 20.6. The lowest BCUT2D eigenvalue weighted by molar-refractivity contribution is -0.137. The van der Waals surface area contributed by atoms with Gasteiger partial charge < -0.3 is 10.2 Å². The SMILES string of the molecule is CC1(C2CC2)CCC(N2CCC(c3ccccc3)CC2)C1.CNCc1cccc(C(F)(F)F)c1. The Labute approximate surface area is 202 Å². The van der Waals surface area contributed by atoms with Crippen LogP contribution in [0.25, 0.3) is 0 Å². The summed E-state index contributed by atoms with van der Waals surface area (Å²) in [6.07, 6.45) is 5.93. The van der Waals surface area contributed by atoms with Gasteiger partial charge in [-0.05, 0) is 99.5 Å². The van der Waals surface area contributed by atoms with Gasteiger partial charge in [-0.25, -0.2) is 0 Å². The third-order valence-corrected chi connectivity index (χ3v) is 8.27. The highest BCUT2D eigenvalue weighted by Gasteiger charge is 2.47. The number of likely N-dealkylation sites (tertiary alicyclic amines) is 1. The molecular formula is C29H39F3N2. The number of hydrogen-bond acceptors (Lipinski definition) is 2. The minimum absolute atomic E-state index is 0.448. The van der Waals surface area contributed by atoms with Crippen molar-refractivity contribution >= 4 is 0 Å². The highest BCUT2D eigenvalue weighted by Crippen LogP contribution is 2.55. The fraction of sp³-hybridized carbons (Fsp3) is 0.586. The summed E-state index contributed by atoms with van der Waals surface area (Å²) >= 11 is 0. The van der Waals surface area contributed by atoms with E-state index in [1.165, 1.54) is 64.1 Å². The fourth-order valence-corrected chi connectivity index (χ4v) is 6.09. The molecule has 3 aliphatic rings. The van der Waals surface area contributed by atoms with E-state index in [4.69, 9.17) is 0 Å². The number of piperidine rings is 1. The van der Waals surface area contributed by atoms with Crippen LogP contribution in [0.2, 0.25) is 0 Å². The quantitative estimate of drug-likeness (QED) is 0.493. The van der Waals surface area contributed by atoms with Crippen LogP contribution in [0.3, 0.4) is 0 Å². The zero-order valence-corrected chi connectivity index (χ0v) is 20.6. The van der Waals surface area contributed by atoms with Gasteiger partial charge in [0.1, 0.15) is 0 Å². The lowest BCUT2D eigenvalue weighted by Gasteiger charge is -2.37. The molecule has 2 unspecified atom stereocenters. The number of benzene rings is 2. The van der Waals surface area contributed by atoms with Crippen molar-refractivity contribution in [1.29, 1.82) is 0 Å². The van der Waals surface area contributed by atoms with Crippen molar-refractivity contribution in [2.75, 3.05) is 20.1 Å². The molecule has 34 heavy (non-hydrogen) atoms. The molecule has 2 atom stereocenters. The molecule has 0 radical (unpaired) electrons. The molecule has 1 N–H and O–H groups in total. The first-order chi connectivity index (χ1) is 16.3. The molecule has 2 aliphatic carbocycles. The first-order valence-electron chi connectivity index (χ1n) is 12.9. The van der Waals surface area contributed by atoms with Crippen LogP contribution in [0.4, 0.5) is 13.2 Å². The Kier molecular flexibility index (Phi) is 8.04. The second-order valence-corrected chi connectivity index (χ2v) is 10.8. The van der Waals surface area contributed by atoms with E-state index < -0.39 is 11.7 Å². The third kappa shape index (κ3) is 6.42. The second kappa shape index (κ2) is 10.8. The molecule has 2 aromatic carbocycles. The summed E-state index contributed by atoms with van der Waals surface area (Å²) in [6.45, 7) is 5.67. The molecule has 0 amide bonds. The largest absolute Gasteiger partial charge is 0.416 e. The highest BCUT2D eigenvalue weighted by molar-refractivity contribution is 5.25. The Balaban J connectivity index is 0.000000182. The van der Waals surface area contributed by atoms with Crippen LogP contribution in [-0.4, -0.2) is 31.1 Å². The Bertz CT molecular complexity index is 901. The first kappa shape index (κ1) is 25.2. The molecular weight excluding hydrogens is 433 g/mol. The topological polar surface area (TPSA) is 15.3 Å². The van der Waals surface area contributed by atoms with Crippen molar-refractivity contribution in [1.82, 2.24) is 10.2 Å². The summed E-state index contributed by atoms with van der Waals surface area (Å²) in [7, 11) is 1.69. The Morgan fingerprint density at radius 2 is 1.65 bits per heavy atom. The van der Waals surface area contributed by atoms with Crippen LogP contribution in [-0.2, 0) is 12.7 Å². The molecule has 5 rings (SSSR count). The van der Waals surface area contributed by atoms with Crippen molar-refractivity contribution in [2.45, 2.75) is 76.6 Å². The van der Waals surface area contributed by atoms with Gasteiger partial charge in [-0.15, -0.1) is 0 Å². The van der Waals surface area contributed by atoms with Crippen molar-refractivity contribution < 1.29 is 13.2 Å². The second-order valence-electron chi connectivity index (χ2n) is 10.8. The van der Waals surface area contributed by atoms with Crippen LogP contribution in [0.5, 0.6) is 0 Å². The predicted molar refractivity (Wildman–Crippen MR) is 133 cm³/mol. The summed E-state index contributed by atoms with van der Waals surface area (Å²) < 4.78 is 36.6. The molecule has 0 aromatic heterocycles. The Morgan fingerprint density at radius 1 is 0.941 bits per heavy atom. The van der Waals surface area contributed by atoms with Crippen LogP contribution < -0.4 is 5.32 Å². The number of rotatable bonds is 5. The maximum Gasteiger partial charge on any atom is 0.416 e. The van der Waals surface area contributed by atoms with Crippen LogP contribution in [0.15, 0.2) is 54.6 Å². The highest BCUT2D eigenvalue weighted by atomic mass is 19.4. The third-order valence-electron chi connectivity index (χ3n) is 8.27. The normalized spacial score (nSPS) is 26.2. The van der Waals surface area contributed by atoms with Gasteiger partial charge >= 0.3 is 6.18 Å².